The van der Waals surface area contributed by atoms with Crippen molar-refractivity contribution in [2.24, 2.45) is 0 Å². The van der Waals surface area contributed by atoms with Gasteiger partial charge in [-0.1, -0.05) is 370 Å². The van der Waals surface area contributed by atoms with Crippen molar-refractivity contribution in [3.8, 4) is 89.8 Å². The lowest BCUT2D eigenvalue weighted by molar-refractivity contribution is 1.07. The normalized spacial score (nSPS) is 11.5. The Labute approximate surface area is 541 Å². The van der Waals surface area contributed by atoms with Crippen molar-refractivity contribution >= 4 is 57.6 Å². The fourth-order valence-corrected chi connectivity index (χ4v) is 23.5. The van der Waals surface area contributed by atoms with Crippen LogP contribution in [-0.4, -0.2) is 31.1 Å². The fourth-order valence-electron chi connectivity index (χ4n) is 13.6. The lowest BCUT2D eigenvalue weighted by Gasteiger charge is -2.39. The van der Waals surface area contributed by atoms with Gasteiger partial charge in [-0.05, 0) is 109 Å². The Kier molecular flexibility index (Phi) is 15.8. The molecule has 0 aliphatic carbocycles. The molecule has 0 fully saturated rings. The second-order valence-corrected chi connectivity index (χ2v) is 31.1. The van der Waals surface area contributed by atoms with Gasteiger partial charge in [0.15, 0.2) is 33.6 Å². The van der Waals surface area contributed by atoms with Crippen molar-refractivity contribution in [2.75, 3.05) is 0 Å². The van der Waals surface area contributed by atoms with E-state index in [1.165, 1.54) is 41.5 Å². The van der Waals surface area contributed by atoms with Crippen molar-refractivity contribution < 1.29 is 0 Å². The van der Waals surface area contributed by atoms with E-state index in [0.29, 0.717) is 17.5 Å². The van der Waals surface area contributed by atoms with Crippen LogP contribution in [-0.2, 0) is 0 Å². The Morgan fingerprint density at radius 2 is 0.326 bits per heavy atom. The molecule has 14 aromatic carbocycles. The first kappa shape index (κ1) is 57.0. The van der Waals surface area contributed by atoms with Crippen LogP contribution in [0.15, 0.2) is 382 Å². The maximum Gasteiger partial charge on any atom is 0.179 e. The summed E-state index contributed by atoms with van der Waals surface area (Å²) in [6.45, 7) is 0. The molecule has 5 heteroatoms. The molecule has 434 valence electrons. The molecule has 0 radical (unpaired) electrons. The molecule has 15 rings (SSSR count). The Morgan fingerprint density at radius 3 is 0.620 bits per heavy atom. The van der Waals surface area contributed by atoms with Gasteiger partial charge in [0.2, 0.25) is 0 Å². The quantitative estimate of drug-likeness (QED) is 0.0715. The van der Waals surface area contributed by atoms with Gasteiger partial charge in [-0.2, -0.15) is 0 Å². The van der Waals surface area contributed by atoms with Gasteiger partial charge in [-0.3, -0.25) is 0 Å². The Hall–Kier alpha value is -11.5. The van der Waals surface area contributed by atoms with E-state index in [0.717, 1.165) is 72.3 Å². The molecule has 15 aromatic rings. The summed E-state index contributed by atoms with van der Waals surface area (Å²) >= 11 is 0. The van der Waals surface area contributed by atoms with E-state index in [-0.39, 0.29) is 0 Å². The fraction of sp³-hybridized carbons (Fsp3) is 0. The maximum atomic E-state index is 5.77. The molecule has 0 bridgehead atoms. The molecule has 0 aliphatic heterocycles. The second-order valence-electron chi connectivity index (χ2n) is 23.4. The van der Waals surface area contributed by atoms with Crippen molar-refractivity contribution in [1.29, 1.82) is 0 Å². The molecule has 0 saturated carbocycles. The van der Waals surface area contributed by atoms with Gasteiger partial charge in [0, 0.05) is 16.7 Å². The Balaban J connectivity index is 1.11. The Bertz CT molecular complexity index is 4790. The minimum Gasteiger partial charge on any atom is -0.208 e. The van der Waals surface area contributed by atoms with E-state index >= 15 is 0 Å². The van der Waals surface area contributed by atoms with Gasteiger partial charge in [0.1, 0.15) is 0 Å². The van der Waals surface area contributed by atoms with Crippen LogP contribution < -0.4 is 41.5 Å². The zero-order valence-corrected chi connectivity index (χ0v) is 52.7. The highest BCUT2D eigenvalue weighted by atomic mass is 28.3. The van der Waals surface area contributed by atoms with Gasteiger partial charge < -0.3 is 0 Å². The summed E-state index contributed by atoms with van der Waals surface area (Å²) in [6, 6.07) is 141. The predicted molar refractivity (Wildman–Crippen MR) is 391 cm³/mol. The summed E-state index contributed by atoms with van der Waals surface area (Å²) in [5, 5.41) is 9.95. The first-order chi connectivity index (χ1) is 45.6. The van der Waals surface area contributed by atoms with Crippen LogP contribution in [0.1, 0.15) is 0 Å². The summed E-state index contributed by atoms with van der Waals surface area (Å²) in [6.07, 6.45) is 0. The van der Waals surface area contributed by atoms with Crippen molar-refractivity contribution in [3.63, 3.8) is 0 Å². The Morgan fingerprint density at radius 1 is 0.130 bits per heavy atom. The smallest absolute Gasteiger partial charge is 0.179 e. The third kappa shape index (κ3) is 11.1. The number of rotatable bonds is 16. The molecule has 1 heterocycles. The third-order valence-electron chi connectivity index (χ3n) is 18.0. The van der Waals surface area contributed by atoms with Crippen LogP contribution in [0.4, 0.5) is 0 Å². The average Bonchev–Trinajstić information content (AvgIpc) is 0.732. The molecular formula is C87H63N3Si2. The molecular weight excluding hydrogens is 1140 g/mol. The highest BCUT2D eigenvalue weighted by Crippen LogP contribution is 2.32. The maximum absolute atomic E-state index is 5.77. The molecule has 0 unspecified atom stereocenters. The van der Waals surface area contributed by atoms with E-state index in [4.69, 9.17) is 15.0 Å². The number of hydrogen-bond donors (Lipinski definition) is 0. The monoisotopic (exact) mass is 1210 g/mol. The van der Waals surface area contributed by atoms with Crippen LogP contribution in [0.5, 0.6) is 0 Å². The first-order valence-corrected chi connectivity index (χ1v) is 35.5. The third-order valence-corrected chi connectivity index (χ3v) is 27.4. The first-order valence-electron chi connectivity index (χ1n) is 31.5. The van der Waals surface area contributed by atoms with Crippen LogP contribution in [0, 0.1) is 0 Å². The van der Waals surface area contributed by atoms with Crippen LogP contribution >= 0.6 is 0 Å². The van der Waals surface area contributed by atoms with Gasteiger partial charge in [0.25, 0.3) is 0 Å². The van der Waals surface area contributed by atoms with E-state index in [1.807, 2.05) is 0 Å². The summed E-state index contributed by atoms with van der Waals surface area (Å²) in [7, 11) is -7.03. The standard InChI is InChI=1S/C87H63N3Si2/c1-9-30-64(31-10-1)69-40-25-45-74(56-69)85-88-86(75-46-26-41-70(57-75)65-32-11-2-12-33-65)90-87(89-85)76-61-83(91(77-47-19-6-20-48-77,78-49-21-7-22-50-78)80-53-27-42-71(58-80)66-34-13-3-14-35-66)63-84(62-76)92(79-51-23-8-24-52-79,81-54-28-43-72(59-81)67-36-15-4-16-37-67)82-55-29-44-73(60-82)68-38-17-5-18-39-68/h1-63H. The topological polar surface area (TPSA) is 38.7 Å². The van der Waals surface area contributed by atoms with E-state index in [1.54, 1.807) is 0 Å². The summed E-state index contributed by atoms with van der Waals surface area (Å²) in [5.74, 6) is 1.75. The average molecular weight is 1210 g/mol. The summed E-state index contributed by atoms with van der Waals surface area (Å²) < 4.78 is 0. The summed E-state index contributed by atoms with van der Waals surface area (Å²) in [4.78, 5) is 17.0. The second kappa shape index (κ2) is 25.6. The van der Waals surface area contributed by atoms with Crippen molar-refractivity contribution in [3.05, 3.63) is 382 Å². The lowest BCUT2D eigenvalue weighted by Crippen LogP contribution is -2.78. The summed E-state index contributed by atoms with van der Waals surface area (Å²) in [5.41, 5.74) is 14.0. The lowest BCUT2D eigenvalue weighted by atomic mass is 10.0. The van der Waals surface area contributed by atoms with Crippen LogP contribution in [0.2, 0.25) is 0 Å². The van der Waals surface area contributed by atoms with Gasteiger partial charge >= 0.3 is 0 Å². The van der Waals surface area contributed by atoms with Crippen LogP contribution in [0.25, 0.3) is 89.8 Å². The minimum atomic E-state index is -3.56. The zero-order valence-electron chi connectivity index (χ0n) is 50.7. The van der Waals surface area contributed by atoms with E-state index < -0.39 is 16.1 Å². The molecule has 0 spiro atoms. The van der Waals surface area contributed by atoms with Crippen molar-refractivity contribution in [2.45, 2.75) is 0 Å². The molecule has 0 aliphatic rings. The SMILES string of the molecule is c1ccc(-c2cccc(-c3nc(-c4cccc(-c5ccccc5)c4)nc(-c4cc([Si](c5ccccc5)(c5ccccc5)c5cccc(-c6ccccc6)c5)cc([Si](c5ccccc5)(c5cccc(-c6ccccc6)c5)c5cccc(-c6ccccc6)c5)c4)n3)c2)cc1. The predicted octanol–water partition coefficient (Wildman–Crippen LogP) is 16.0. The highest BCUT2D eigenvalue weighted by Gasteiger charge is 2.47. The van der Waals surface area contributed by atoms with Crippen LogP contribution in [0.3, 0.4) is 0 Å². The van der Waals surface area contributed by atoms with Gasteiger partial charge in [0.05, 0.1) is 0 Å². The van der Waals surface area contributed by atoms with Gasteiger partial charge in [-0.25, -0.2) is 15.0 Å². The molecule has 0 amide bonds. The molecule has 0 N–H and O–H groups in total. The largest absolute Gasteiger partial charge is 0.208 e. The molecule has 0 saturated heterocycles. The number of hydrogen-bond acceptors (Lipinski definition) is 3. The highest BCUT2D eigenvalue weighted by molar-refractivity contribution is 7.22. The zero-order chi connectivity index (χ0) is 61.5. The molecule has 92 heavy (non-hydrogen) atoms. The number of nitrogens with zero attached hydrogens (tertiary/aromatic N) is 3. The minimum absolute atomic E-state index is 0.581. The van der Waals surface area contributed by atoms with E-state index in [2.05, 4.69) is 382 Å². The number of aromatic nitrogens is 3. The number of benzene rings is 14. The molecule has 0 atom stereocenters. The molecule has 3 nitrogen and oxygen atoms in total. The van der Waals surface area contributed by atoms with Crippen molar-refractivity contribution in [1.82, 2.24) is 15.0 Å². The van der Waals surface area contributed by atoms with Gasteiger partial charge in [-0.15, -0.1) is 0 Å². The van der Waals surface area contributed by atoms with E-state index in [9.17, 15) is 0 Å². The molecule has 1 aromatic heterocycles.